The predicted octanol–water partition coefficient (Wildman–Crippen LogP) is 1.55. The quantitative estimate of drug-likeness (QED) is 0.603. The van der Waals surface area contributed by atoms with Crippen molar-refractivity contribution in [1.82, 2.24) is 25.2 Å². The van der Waals surface area contributed by atoms with Gasteiger partial charge in [0.15, 0.2) is 0 Å². The molecule has 0 saturated carbocycles. The highest BCUT2D eigenvalue weighted by Crippen LogP contribution is 2.19. The van der Waals surface area contributed by atoms with Crippen LogP contribution in [0, 0.1) is 0 Å². The lowest BCUT2D eigenvalue weighted by atomic mass is 10.3. The summed E-state index contributed by atoms with van der Waals surface area (Å²) in [5, 5.41) is 12.4. The molecule has 15 heavy (non-hydrogen) atoms. The molecule has 5 nitrogen and oxygen atoms in total. The Kier molecular flexibility index (Phi) is 3.17. The highest BCUT2D eigenvalue weighted by molar-refractivity contribution is 7.98. The zero-order valence-electron chi connectivity index (χ0n) is 7.96. The highest BCUT2D eigenvalue weighted by atomic mass is 35.5. The molecule has 0 aliphatic rings. The number of aryl methyl sites for hydroxylation is 1. The van der Waals surface area contributed by atoms with Crippen LogP contribution in [-0.2, 0) is 12.8 Å². The van der Waals surface area contributed by atoms with E-state index in [0.29, 0.717) is 5.15 Å². The van der Waals surface area contributed by atoms with E-state index in [4.69, 9.17) is 11.6 Å². The first-order valence-corrected chi connectivity index (χ1v) is 5.57. The maximum Gasteiger partial charge on any atom is 0.209 e. The predicted molar refractivity (Wildman–Crippen MR) is 57.6 cm³/mol. The fraction of sp³-hybridized carbons (Fsp3) is 0.250. The van der Waals surface area contributed by atoms with E-state index < -0.39 is 0 Å². The van der Waals surface area contributed by atoms with E-state index in [9.17, 15) is 0 Å². The van der Waals surface area contributed by atoms with Crippen LogP contribution in [0.4, 0.5) is 0 Å². The van der Waals surface area contributed by atoms with Crippen LogP contribution < -0.4 is 0 Å². The number of pyridine rings is 1. The lowest BCUT2D eigenvalue weighted by molar-refractivity contribution is 0.664. The third-order valence-electron chi connectivity index (χ3n) is 1.74. The third-order valence-corrected chi connectivity index (χ3v) is 3.04. The molecule has 0 radical (unpaired) electrons. The summed E-state index contributed by atoms with van der Waals surface area (Å²) in [5.74, 6) is 0.776. The lowest BCUT2D eigenvalue weighted by Crippen LogP contribution is -1.93. The molecule has 0 bridgehead atoms. The first kappa shape index (κ1) is 10.4. The van der Waals surface area contributed by atoms with Crippen LogP contribution in [0.25, 0.3) is 0 Å². The number of rotatable bonds is 3. The Hall–Kier alpha value is -1.14. The molecule has 0 spiro atoms. The fourth-order valence-corrected chi connectivity index (χ4v) is 1.88. The normalized spacial score (nSPS) is 10.5. The minimum atomic E-state index is 0.504. The van der Waals surface area contributed by atoms with Gasteiger partial charge >= 0.3 is 0 Å². The van der Waals surface area contributed by atoms with Crippen LogP contribution in [-0.4, -0.2) is 25.2 Å². The van der Waals surface area contributed by atoms with Crippen molar-refractivity contribution in [1.29, 1.82) is 0 Å². The van der Waals surface area contributed by atoms with Crippen molar-refractivity contribution in [3.63, 3.8) is 0 Å². The van der Waals surface area contributed by atoms with Crippen LogP contribution in [0.1, 0.15) is 5.56 Å². The molecule has 0 aliphatic carbocycles. The first-order valence-electron chi connectivity index (χ1n) is 4.21. The molecule has 0 aliphatic heterocycles. The summed E-state index contributed by atoms with van der Waals surface area (Å²) in [7, 11) is 1.81. The Morgan fingerprint density at radius 2 is 2.33 bits per heavy atom. The SMILES string of the molecule is Cn1nnnc1SCc1ccc(Cl)nc1. The number of hydrogen-bond acceptors (Lipinski definition) is 5. The molecule has 0 aromatic carbocycles. The van der Waals surface area contributed by atoms with E-state index >= 15 is 0 Å². The molecule has 0 saturated heterocycles. The Labute approximate surface area is 95.8 Å². The van der Waals surface area contributed by atoms with Gasteiger partial charge in [0.1, 0.15) is 5.15 Å². The third kappa shape index (κ3) is 2.66. The summed E-state index contributed by atoms with van der Waals surface area (Å²) >= 11 is 7.24. The van der Waals surface area contributed by atoms with Crippen molar-refractivity contribution in [2.45, 2.75) is 10.9 Å². The number of tetrazole rings is 1. The van der Waals surface area contributed by atoms with Gasteiger partial charge in [0.2, 0.25) is 5.16 Å². The van der Waals surface area contributed by atoms with Crippen LogP contribution >= 0.6 is 23.4 Å². The number of nitrogens with zero attached hydrogens (tertiary/aromatic N) is 5. The van der Waals surface area contributed by atoms with Gasteiger partial charge in [0.25, 0.3) is 0 Å². The van der Waals surface area contributed by atoms with Crippen molar-refractivity contribution in [2.75, 3.05) is 0 Å². The van der Waals surface area contributed by atoms with Gasteiger partial charge in [-0.3, -0.25) is 0 Å². The molecule has 2 aromatic rings. The average molecular weight is 242 g/mol. The minimum Gasteiger partial charge on any atom is -0.244 e. The van der Waals surface area contributed by atoms with E-state index in [1.54, 1.807) is 28.7 Å². The van der Waals surface area contributed by atoms with Crippen molar-refractivity contribution < 1.29 is 0 Å². The number of aromatic nitrogens is 5. The molecular formula is C8H8ClN5S. The van der Waals surface area contributed by atoms with E-state index in [1.165, 1.54) is 0 Å². The average Bonchev–Trinajstić information content (AvgIpc) is 2.63. The maximum atomic E-state index is 5.68. The van der Waals surface area contributed by atoms with Gasteiger partial charge in [0, 0.05) is 19.0 Å². The van der Waals surface area contributed by atoms with Gasteiger partial charge in [-0.15, -0.1) is 5.10 Å². The topological polar surface area (TPSA) is 56.5 Å². The van der Waals surface area contributed by atoms with Crippen LogP contribution in [0.5, 0.6) is 0 Å². The van der Waals surface area contributed by atoms with Crippen LogP contribution in [0.3, 0.4) is 0 Å². The zero-order valence-corrected chi connectivity index (χ0v) is 9.53. The molecule has 78 valence electrons. The molecule has 0 unspecified atom stereocenters. The summed E-state index contributed by atoms with van der Waals surface area (Å²) in [6.45, 7) is 0. The highest BCUT2D eigenvalue weighted by Gasteiger charge is 2.03. The molecule has 0 amide bonds. The van der Waals surface area contributed by atoms with Crippen molar-refractivity contribution in [3.05, 3.63) is 29.0 Å². The maximum absolute atomic E-state index is 5.68. The van der Waals surface area contributed by atoms with Gasteiger partial charge in [-0.05, 0) is 22.1 Å². The molecule has 2 aromatic heterocycles. The standard InChI is InChI=1S/C8H8ClN5S/c1-14-8(11-12-13-14)15-5-6-2-3-7(9)10-4-6/h2-4H,5H2,1H3. The minimum absolute atomic E-state index is 0.504. The lowest BCUT2D eigenvalue weighted by Gasteiger charge is -1.99. The molecule has 0 N–H and O–H groups in total. The summed E-state index contributed by atoms with van der Waals surface area (Å²) in [6, 6.07) is 3.71. The molecule has 2 heterocycles. The zero-order chi connectivity index (χ0) is 10.7. The number of thioether (sulfide) groups is 1. The summed E-state index contributed by atoms with van der Waals surface area (Å²) in [5.41, 5.74) is 1.09. The molecule has 0 fully saturated rings. The van der Waals surface area contributed by atoms with E-state index in [2.05, 4.69) is 20.5 Å². The summed E-state index contributed by atoms with van der Waals surface area (Å²) < 4.78 is 1.63. The molecule has 0 atom stereocenters. The first-order chi connectivity index (χ1) is 7.25. The van der Waals surface area contributed by atoms with E-state index in [-0.39, 0.29) is 0 Å². The second-order valence-corrected chi connectivity index (χ2v) is 4.19. The summed E-state index contributed by atoms with van der Waals surface area (Å²) in [6.07, 6.45) is 1.75. The fourth-order valence-electron chi connectivity index (χ4n) is 0.983. The van der Waals surface area contributed by atoms with Crippen LogP contribution in [0.15, 0.2) is 23.5 Å². The summed E-state index contributed by atoms with van der Waals surface area (Å²) in [4.78, 5) is 4.00. The van der Waals surface area contributed by atoms with Gasteiger partial charge in [-0.25, -0.2) is 9.67 Å². The van der Waals surface area contributed by atoms with Crippen molar-refractivity contribution >= 4 is 23.4 Å². The van der Waals surface area contributed by atoms with Crippen molar-refractivity contribution in [3.8, 4) is 0 Å². The second-order valence-electron chi connectivity index (χ2n) is 2.86. The largest absolute Gasteiger partial charge is 0.244 e. The Balaban J connectivity index is 1.99. The smallest absolute Gasteiger partial charge is 0.209 e. The Morgan fingerprint density at radius 3 is 2.93 bits per heavy atom. The van der Waals surface area contributed by atoms with Gasteiger partial charge in [-0.2, -0.15) is 0 Å². The Morgan fingerprint density at radius 1 is 1.47 bits per heavy atom. The monoisotopic (exact) mass is 241 g/mol. The number of hydrogen-bond donors (Lipinski definition) is 0. The second kappa shape index (κ2) is 4.59. The molecular weight excluding hydrogens is 234 g/mol. The Bertz CT molecular complexity index is 441. The van der Waals surface area contributed by atoms with E-state index in [1.807, 2.05) is 13.1 Å². The van der Waals surface area contributed by atoms with Crippen molar-refractivity contribution in [2.24, 2.45) is 7.05 Å². The van der Waals surface area contributed by atoms with Gasteiger partial charge in [0.05, 0.1) is 0 Å². The molecule has 2 rings (SSSR count). The van der Waals surface area contributed by atoms with E-state index in [0.717, 1.165) is 16.5 Å². The van der Waals surface area contributed by atoms with Gasteiger partial charge in [-0.1, -0.05) is 29.4 Å². The molecule has 7 heteroatoms. The number of halogens is 1. The van der Waals surface area contributed by atoms with Gasteiger partial charge < -0.3 is 0 Å². The van der Waals surface area contributed by atoms with Crippen LogP contribution in [0.2, 0.25) is 5.15 Å².